The number of nitrogens with zero attached hydrogens (tertiary/aromatic N) is 1. The highest BCUT2D eigenvalue weighted by molar-refractivity contribution is 7.92. The maximum absolute atomic E-state index is 12.7. The number of carbonyl (C=O) groups excluding carboxylic acids is 1. The molecule has 0 N–H and O–H groups in total. The normalized spacial score (nSPS) is 12.1. The molecular weight excluding hydrogens is 426 g/mol. The number of rotatable bonds is 7. The second kappa shape index (κ2) is 9.19. The van der Waals surface area contributed by atoms with E-state index in [1.165, 1.54) is 35.6 Å². The molecule has 3 rings (SSSR count). The molecule has 0 aliphatic carbocycles. The quantitative estimate of drug-likeness (QED) is 0.394. The highest BCUT2D eigenvalue weighted by Crippen LogP contribution is 2.25. The number of benzene rings is 3. The highest BCUT2D eigenvalue weighted by Gasteiger charge is 2.21. The Labute approximate surface area is 180 Å². The van der Waals surface area contributed by atoms with E-state index in [1.807, 2.05) is 0 Å². The number of halogens is 1. The average molecular weight is 446 g/mol. The van der Waals surface area contributed by atoms with Crippen molar-refractivity contribution in [3.63, 3.8) is 0 Å². The minimum atomic E-state index is -3.68. The number of hydrogen-bond acceptors (Lipinski definition) is 5. The Kier molecular flexibility index (Phi) is 6.64. The molecule has 0 saturated carbocycles. The summed E-state index contributed by atoms with van der Waals surface area (Å²) in [5.74, 6) is 0.138. The van der Waals surface area contributed by atoms with Gasteiger partial charge in [-0.05, 0) is 61.5 Å². The summed E-state index contributed by atoms with van der Waals surface area (Å²) in [6.45, 7) is 1.57. The first-order valence-corrected chi connectivity index (χ1v) is 10.9. The van der Waals surface area contributed by atoms with Crippen LogP contribution in [-0.4, -0.2) is 27.5 Å². The van der Waals surface area contributed by atoms with Gasteiger partial charge < -0.3 is 9.47 Å². The van der Waals surface area contributed by atoms with Crippen LogP contribution in [0.4, 0.5) is 5.69 Å². The van der Waals surface area contributed by atoms with Crippen molar-refractivity contribution in [2.45, 2.75) is 17.9 Å². The van der Waals surface area contributed by atoms with Crippen molar-refractivity contribution in [2.75, 3.05) is 11.4 Å². The van der Waals surface area contributed by atoms with E-state index in [1.54, 1.807) is 61.5 Å². The van der Waals surface area contributed by atoms with Gasteiger partial charge in [0.1, 0.15) is 11.5 Å². The van der Waals surface area contributed by atoms with Gasteiger partial charge in [0.05, 0.1) is 10.6 Å². The van der Waals surface area contributed by atoms with Gasteiger partial charge in [0.25, 0.3) is 10.0 Å². The fraction of sp³-hybridized carbons (Fsp3) is 0.136. The molecular formula is C22H20ClNO5S. The van der Waals surface area contributed by atoms with Gasteiger partial charge in [-0.2, -0.15) is 0 Å². The average Bonchev–Trinajstić information content (AvgIpc) is 2.74. The van der Waals surface area contributed by atoms with Crippen LogP contribution in [0.25, 0.3) is 0 Å². The maximum atomic E-state index is 12.7. The van der Waals surface area contributed by atoms with Crippen molar-refractivity contribution >= 4 is 33.3 Å². The largest absolute Gasteiger partial charge is 0.479 e. The first-order valence-electron chi connectivity index (χ1n) is 9.05. The predicted molar refractivity (Wildman–Crippen MR) is 116 cm³/mol. The minimum absolute atomic E-state index is 0.190. The summed E-state index contributed by atoms with van der Waals surface area (Å²) in [6.07, 6.45) is -0.857. The van der Waals surface area contributed by atoms with Gasteiger partial charge in [-0.25, -0.2) is 13.2 Å². The summed E-state index contributed by atoms with van der Waals surface area (Å²) in [4.78, 5) is 12.5. The molecule has 0 aliphatic heterocycles. The van der Waals surface area contributed by atoms with Crippen LogP contribution >= 0.6 is 11.6 Å². The van der Waals surface area contributed by atoms with E-state index in [0.717, 1.165) is 0 Å². The van der Waals surface area contributed by atoms with E-state index in [2.05, 4.69) is 0 Å². The minimum Gasteiger partial charge on any atom is -0.479 e. The predicted octanol–water partition coefficient (Wildman–Crippen LogP) is 4.54. The van der Waals surface area contributed by atoms with Crippen molar-refractivity contribution in [1.29, 1.82) is 0 Å². The Hall–Kier alpha value is -3.03. The topological polar surface area (TPSA) is 72.9 Å². The zero-order valence-corrected chi connectivity index (χ0v) is 17.9. The molecule has 1 unspecified atom stereocenters. The van der Waals surface area contributed by atoms with Crippen LogP contribution in [0, 0.1) is 0 Å². The summed E-state index contributed by atoms with van der Waals surface area (Å²) in [5.41, 5.74) is 0.432. The Morgan fingerprint density at radius 1 is 0.933 bits per heavy atom. The van der Waals surface area contributed by atoms with Crippen molar-refractivity contribution in [3.05, 3.63) is 83.9 Å². The number of carbonyl (C=O) groups is 1. The molecule has 0 bridgehead atoms. The molecule has 3 aromatic carbocycles. The van der Waals surface area contributed by atoms with Gasteiger partial charge in [0.15, 0.2) is 6.10 Å². The Morgan fingerprint density at radius 2 is 1.60 bits per heavy atom. The first-order chi connectivity index (χ1) is 14.3. The fourth-order valence-electron chi connectivity index (χ4n) is 2.61. The third-order valence-corrected chi connectivity index (χ3v) is 6.30. The van der Waals surface area contributed by atoms with Crippen molar-refractivity contribution in [2.24, 2.45) is 0 Å². The lowest BCUT2D eigenvalue weighted by molar-refractivity contribution is -0.141. The molecule has 156 valence electrons. The Balaban J connectivity index is 1.66. The number of ether oxygens (including phenoxy) is 2. The summed E-state index contributed by atoms with van der Waals surface area (Å²) >= 11 is 5.91. The number of anilines is 1. The molecule has 0 spiro atoms. The van der Waals surface area contributed by atoms with Crippen molar-refractivity contribution in [3.8, 4) is 11.5 Å². The number of hydrogen-bond donors (Lipinski definition) is 0. The third kappa shape index (κ3) is 5.11. The molecule has 0 aromatic heterocycles. The zero-order chi connectivity index (χ0) is 21.7. The van der Waals surface area contributed by atoms with Crippen molar-refractivity contribution < 1.29 is 22.7 Å². The van der Waals surface area contributed by atoms with Crippen LogP contribution < -0.4 is 13.8 Å². The SMILES string of the molecule is CC(Oc1cccc(Cl)c1)C(=O)Oc1ccc(N(C)S(=O)(=O)c2ccccc2)cc1. The van der Waals surface area contributed by atoms with Gasteiger partial charge in [0, 0.05) is 12.1 Å². The second-order valence-corrected chi connectivity index (χ2v) is 8.82. The summed E-state index contributed by atoms with van der Waals surface area (Å²) in [6, 6.07) is 21.0. The maximum Gasteiger partial charge on any atom is 0.352 e. The van der Waals surface area contributed by atoms with Gasteiger partial charge in [-0.3, -0.25) is 4.31 Å². The van der Waals surface area contributed by atoms with Crippen molar-refractivity contribution in [1.82, 2.24) is 0 Å². The van der Waals surface area contributed by atoms with E-state index in [4.69, 9.17) is 21.1 Å². The molecule has 3 aromatic rings. The molecule has 0 radical (unpaired) electrons. The molecule has 0 saturated heterocycles. The smallest absolute Gasteiger partial charge is 0.352 e. The number of sulfonamides is 1. The van der Waals surface area contributed by atoms with E-state index < -0.39 is 22.1 Å². The monoisotopic (exact) mass is 445 g/mol. The molecule has 0 heterocycles. The zero-order valence-electron chi connectivity index (χ0n) is 16.4. The Morgan fingerprint density at radius 3 is 2.23 bits per heavy atom. The van der Waals surface area contributed by atoms with Gasteiger partial charge in [-0.1, -0.05) is 35.9 Å². The van der Waals surface area contributed by atoms with Crippen LogP contribution in [0.15, 0.2) is 83.8 Å². The molecule has 1 atom stereocenters. The second-order valence-electron chi connectivity index (χ2n) is 6.42. The van der Waals surface area contributed by atoms with Crippen LogP contribution in [-0.2, 0) is 14.8 Å². The Bertz CT molecular complexity index is 1120. The van der Waals surface area contributed by atoms with E-state index >= 15 is 0 Å². The summed E-state index contributed by atoms with van der Waals surface area (Å²) in [7, 11) is -2.22. The fourth-order valence-corrected chi connectivity index (χ4v) is 4.00. The van der Waals surface area contributed by atoms with Crippen LogP contribution in [0.3, 0.4) is 0 Å². The first kappa shape index (κ1) is 21.7. The lowest BCUT2D eigenvalue weighted by Crippen LogP contribution is -2.28. The lowest BCUT2D eigenvalue weighted by Gasteiger charge is -2.20. The molecule has 6 nitrogen and oxygen atoms in total. The van der Waals surface area contributed by atoms with Gasteiger partial charge >= 0.3 is 5.97 Å². The van der Waals surface area contributed by atoms with Crippen LogP contribution in [0.5, 0.6) is 11.5 Å². The van der Waals surface area contributed by atoms with Crippen LogP contribution in [0.1, 0.15) is 6.92 Å². The molecule has 0 aliphatic rings. The van der Waals surface area contributed by atoms with E-state index in [-0.39, 0.29) is 10.6 Å². The summed E-state index contributed by atoms with van der Waals surface area (Å²) < 4.78 is 37.4. The van der Waals surface area contributed by atoms with Gasteiger partial charge in [-0.15, -0.1) is 0 Å². The third-order valence-electron chi connectivity index (χ3n) is 4.26. The standard InChI is InChI=1S/C22H20ClNO5S/c1-16(28-20-8-6-7-17(23)15-20)22(25)29-19-13-11-18(12-14-19)24(2)30(26,27)21-9-4-3-5-10-21/h3-16H,1-2H3. The summed E-state index contributed by atoms with van der Waals surface area (Å²) in [5, 5.41) is 0.498. The molecule has 30 heavy (non-hydrogen) atoms. The highest BCUT2D eigenvalue weighted by atomic mass is 35.5. The lowest BCUT2D eigenvalue weighted by atomic mass is 10.3. The number of esters is 1. The van der Waals surface area contributed by atoms with E-state index in [9.17, 15) is 13.2 Å². The molecule has 0 fully saturated rings. The van der Waals surface area contributed by atoms with E-state index in [0.29, 0.717) is 16.5 Å². The van der Waals surface area contributed by atoms with Gasteiger partial charge in [0.2, 0.25) is 0 Å². The van der Waals surface area contributed by atoms with Crippen LogP contribution in [0.2, 0.25) is 5.02 Å². The molecule has 0 amide bonds. The molecule has 8 heteroatoms.